The molecule has 3 aliphatic carbocycles. The fourth-order valence-electron chi connectivity index (χ4n) is 3.60. The van der Waals surface area contributed by atoms with Gasteiger partial charge in [-0.05, 0) is 56.4 Å². The Morgan fingerprint density at radius 2 is 2.00 bits per heavy atom. The van der Waals surface area contributed by atoms with Gasteiger partial charge in [-0.15, -0.1) is 0 Å². The molecular weight excluding hydrogens is 228 g/mol. The van der Waals surface area contributed by atoms with E-state index in [1.807, 2.05) is 0 Å². The molecule has 2 atom stereocenters. The molecule has 0 aliphatic heterocycles. The first-order valence-electron chi connectivity index (χ1n) is 7.84. The zero-order valence-corrected chi connectivity index (χ0v) is 11.7. The average molecular weight is 252 g/mol. The van der Waals surface area contributed by atoms with Crippen LogP contribution in [0, 0.1) is 11.8 Å². The molecule has 19 heavy (non-hydrogen) atoms. The van der Waals surface area contributed by atoms with Crippen molar-refractivity contribution in [1.82, 2.24) is 0 Å². The molecule has 0 aromatic rings. The second-order valence-electron chi connectivity index (χ2n) is 5.89. The van der Waals surface area contributed by atoms with Gasteiger partial charge in [-0.2, -0.15) is 0 Å². The van der Waals surface area contributed by atoms with Crippen molar-refractivity contribution in [3.63, 3.8) is 0 Å². The van der Waals surface area contributed by atoms with Crippen LogP contribution in [0.5, 0.6) is 0 Å². The van der Waals surface area contributed by atoms with Crippen molar-refractivity contribution < 1.29 is 0 Å². The molecule has 0 saturated carbocycles. The van der Waals surface area contributed by atoms with Crippen LogP contribution in [0.4, 0.5) is 0 Å². The largest absolute Gasteiger partial charge is 0.0882 e. The summed E-state index contributed by atoms with van der Waals surface area (Å²) in [6.45, 7) is 0. The average Bonchev–Trinajstić information content (AvgIpc) is 2.51. The summed E-state index contributed by atoms with van der Waals surface area (Å²) < 4.78 is 0. The fraction of sp³-hybridized carbons (Fsp3) is 0.474. The van der Waals surface area contributed by atoms with E-state index in [0.717, 1.165) is 5.92 Å². The lowest BCUT2D eigenvalue weighted by molar-refractivity contribution is 0.441. The Kier molecular flexibility index (Phi) is 4.17. The molecule has 0 aromatic carbocycles. The molecule has 0 aromatic heterocycles. The fourth-order valence-corrected chi connectivity index (χ4v) is 3.60. The van der Waals surface area contributed by atoms with E-state index >= 15 is 0 Å². The van der Waals surface area contributed by atoms with Crippen LogP contribution >= 0.6 is 0 Å². The first-order chi connectivity index (χ1) is 9.45. The molecule has 0 heteroatoms. The van der Waals surface area contributed by atoms with E-state index in [2.05, 4.69) is 48.6 Å². The van der Waals surface area contributed by atoms with E-state index in [1.54, 1.807) is 11.1 Å². The smallest absolute Gasteiger partial charge is 0.0111 e. The SMILES string of the molecule is C1=CCCC(C(C2=CCCC=C2)C2C=CCCC2)=C1. The van der Waals surface area contributed by atoms with Crippen LogP contribution in [0.15, 0.2) is 59.8 Å². The van der Waals surface area contributed by atoms with Gasteiger partial charge in [0.2, 0.25) is 0 Å². The second-order valence-corrected chi connectivity index (χ2v) is 5.89. The van der Waals surface area contributed by atoms with Gasteiger partial charge in [-0.3, -0.25) is 0 Å². The molecule has 0 fully saturated rings. The van der Waals surface area contributed by atoms with E-state index in [4.69, 9.17) is 0 Å². The summed E-state index contributed by atoms with van der Waals surface area (Å²) in [5.41, 5.74) is 3.22. The van der Waals surface area contributed by atoms with Crippen molar-refractivity contribution in [2.45, 2.75) is 44.9 Å². The Labute approximate surface area is 117 Å². The molecule has 3 rings (SSSR count). The van der Waals surface area contributed by atoms with Crippen molar-refractivity contribution in [1.29, 1.82) is 0 Å². The van der Waals surface area contributed by atoms with E-state index in [9.17, 15) is 0 Å². The highest BCUT2D eigenvalue weighted by atomic mass is 14.3. The van der Waals surface area contributed by atoms with E-state index < -0.39 is 0 Å². The van der Waals surface area contributed by atoms with E-state index in [1.165, 1.54) is 44.9 Å². The van der Waals surface area contributed by atoms with Crippen LogP contribution in [-0.2, 0) is 0 Å². The number of rotatable bonds is 3. The summed E-state index contributed by atoms with van der Waals surface area (Å²) in [6.07, 6.45) is 27.9. The van der Waals surface area contributed by atoms with Crippen LogP contribution in [0.1, 0.15) is 44.9 Å². The summed E-state index contributed by atoms with van der Waals surface area (Å²) in [5.74, 6) is 1.36. The molecule has 0 spiro atoms. The molecule has 0 saturated heterocycles. The third kappa shape index (κ3) is 3.00. The monoisotopic (exact) mass is 252 g/mol. The maximum atomic E-state index is 2.48. The molecule has 0 radical (unpaired) electrons. The third-order valence-corrected chi connectivity index (χ3v) is 4.55. The minimum atomic E-state index is 0.637. The summed E-state index contributed by atoms with van der Waals surface area (Å²) in [7, 11) is 0. The molecule has 0 heterocycles. The molecular formula is C19H24. The zero-order chi connectivity index (χ0) is 12.9. The number of hydrogen-bond donors (Lipinski definition) is 0. The Balaban J connectivity index is 1.90. The van der Waals surface area contributed by atoms with Gasteiger partial charge < -0.3 is 0 Å². The second kappa shape index (κ2) is 6.23. The van der Waals surface area contributed by atoms with Crippen molar-refractivity contribution in [2.24, 2.45) is 11.8 Å². The summed E-state index contributed by atoms with van der Waals surface area (Å²) in [4.78, 5) is 0. The number of allylic oxidation sites excluding steroid dienone is 10. The van der Waals surface area contributed by atoms with Crippen molar-refractivity contribution in [2.75, 3.05) is 0 Å². The van der Waals surface area contributed by atoms with Gasteiger partial charge in [-0.1, -0.05) is 54.2 Å². The Hall–Kier alpha value is -1.30. The standard InChI is InChI=1S/C19H24/c1-4-10-16(11-5-1)19(17-12-6-2-7-13-17)18-14-8-3-9-15-18/h1,4,6,8,10,12-14,18-19H,2-3,5,7,9,11,15H2. The van der Waals surface area contributed by atoms with E-state index in [-0.39, 0.29) is 0 Å². The van der Waals surface area contributed by atoms with Gasteiger partial charge in [0.05, 0.1) is 0 Å². The van der Waals surface area contributed by atoms with Crippen LogP contribution in [0.2, 0.25) is 0 Å². The van der Waals surface area contributed by atoms with Gasteiger partial charge in [0.25, 0.3) is 0 Å². The topological polar surface area (TPSA) is 0 Å². The summed E-state index contributed by atoms with van der Waals surface area (Å²) in [6, 6.07) is 0. The lowest BCUT2D eigenvalue weighted by Gasteiger charge is -2.32. The molecule has 2 unspecified atom stereocenters. The van der Waals surface area contributed by atoms with Gasteiger partial charge >= 0.3 is 0 Å². The van der Waals surface area contributed by atoms with Crippen molar-refractivity contribution >= 4 is 0 Å². The summed E-state index contributed by atoms with van der Waals surface area (Å²) in [5, 5.41) is 0. The summed E-state index contributed by atoms with van der Waals surface area (Å²) >= 11 is 0. The van der Waals surface area contributed by atoms with Gasteiger partial charge in [0.15, 0.2) is 0 Å². The molecule has 0 nitrogen and oxygen atoms in total. The minimum Gasteiger partial charge on any atom is -0.0882 e. The maximum absolute atomic E-state index is 2.48. The zero-order valence-electron chi connectivity index (χ0n) is 11.7. The minimum absolute atomic E-state index is 0.637. The quantitative estimate of drug-likeness (QED) is 0.581. The first kappa shape index (κ1) is 12.7. The molecule has 0 amide bonds. The van der Waals surface area contributed by atoms with Crippen molar-refractivity contribution in [3.8, 4) is 0 Å². The highest BCUT2D eigenvalue weighted by molar-refractivity contribution is 5.36. The molecule has 0 bridgehead atoms. The van der Waals surface area contributed by atoms with Gasteiger partial charge in [0, 0.05) is 5.92 Å². The molecule has 3 aliphatic rings. The Morgan fingerprint density at radius 3 is 2.68 bits per heavy atom. The Bertz CT molecular complexity index is 456. The predicted molar refractivity (Wildman–Crippen MR) is 82.9 cm³/mol. The van der Waals surface area contributed by atoms with Crippen LogP contribution in [-0.4, -0.2) is 0 Å². The lowest BCUT2D eigenvalue weighted by atomic mass is 9.73. The van der Waals surface area contributed by atoms with Gasteiger partial charge in [0.1, 0.15) is 0 Å². The van der Waals surface area contributed by atoms with Crippen molar-refractivity contribution in [3.05, 3.63) is 59.8 Å². The first-order valence-corrected chi connectivity index (χ1v) is 7.84. The van der Waals surface area contributed by atoms with Crippen LogP contribution in [0.3, 0.4) is 0 Å². The molecule has 100 valence electrons. The normalized spacial score (nSPS) is 27.9. The highest BCUT2D eigenvalue weighted by Gasteiger charge is 2.26. The lowest BCUT2D eigenvalue weighted by Crippen LogP contribution is -2.20. The van der Waals surface area contributed by atoms with Crippen LogP contribution in [0.25, 0.3) is 0 Å². The highest BCUT2D eigenvalue weighted by Crippen LogP contribution is 2.39. The molecule has 0 N–H and O–H groups in total. The Morgan fingerprint density at radius 1 is 1.00 bits per heavy atom. The van der Waals surface area contributed by atoms with Crippen LogP contribution < -0.4 is 0 Å². The van der Waals surface area contributed by atoms with Gasteiger partial charge in [-0.25, -0.2) is 0 Å². The number of hydrogen-bond acceptors (Lipinski definition) is 0. The predicted octanol–water partition coefficient (Wildman–Crippen LogP) is 5.51. The van der Waals surface area contributed by atoms with E-state index in [0.29, 0.717) is 5.92 Å². The maximum Gasteiger partial charge on any atom is 0.0111 e. The third-order valence-electron chi connectivity index (χ3n) is 4.55.